The number of anilines is 1. The second-order valence-corrected chi connectivity index (χ2v) is 19.9. The molecule has 62 heavy (non-hydrogen) atoms. The summed E-state index contributed by atoms with van der Waals surface area (Å²) in [5, 5.41) is 13.7. The maximum atomic E-state index is 11.7. The van der Waals surface area contributed by atoms with Gasteiger partial charge < -0.3 is 23.8 Å². The number of nitrogens with zero attached hydrogens (tertiary/aromatic N) is 2. The Bertz CT molecular complexity index is 2830. The first-order valence-electron chi connectivity index (χ1n) is 20.8. The van der Waals surface area contributed by atoms with E-state index in [4.69, 9.17) is 4.74 Å². The molecule has 320 valence electrons. The quantitative estimate of drug-likeness (QED) is 0.0407. The Morgan fingerprint density at radius 1 is 0.758 bits per heavy atom. The SMILES string of the molecule is CC1(C)C(/C=C/C(=C/C=C2/N(CCCS(=O)(=O)[O-])c3ccc4ccccc4c3C2(C)C)c2cccc(OCCCCO)c2)=[N+](CCCS(=O)(=O)[O-])c2ccc3ccccc3c21.[Na+]. The molecule has 13 heteroatoms. The third-order valence-corrected chi connectivity index (χ3v) is 13.5. The van der Waals surface area contributed by atoms with Crippen molar-refractivity contribution in [3.63, 3.8) is 0 Å². The third kappa shape index (κ3) is 10.3. The summed E-state index contributed by atoms with van der Waals surface area (Å²) in [5.74, 6) is -0.271. The Hall–Kier alpha value is -4.11. The van der Waals surface area contributed by atoms with Crippen molar-refractivity contribution in [1.29, 1.82) is 0 Å². The van der Waals surface area contributed by atoms with Crippen LogP contribution >= 0.6 is 0 Å². The molecule has 5 aromatic rings. The number of hydrogen-bond donors (Lipinski definition) is 1. The summed E-state index contributed by atoms with van der Waals surface area (Å²) >= 11 is 0. The molecular weight excluding hydrogens is 832 g/mol. The molecule has 0 amide bonds. The molecule has 0 spiro atoms. The predicted octanol–water partition coefficient (Wildman–Crippen LogP) is 5.72. The van der Waals surface area contributed by atoms with E-state index in [0.717, 1.165) is 66.6 Å². The van der Waals surface area contributed by atoms with Gasteiger partial charge in [0.15, 0.2) is 5.71 Å². The normalized spacial score (nSPS) is 16.7. The Labute approximate surface area is 388 Å². The largest absolute Gasteiger partial charge is 1.00 e. The molecule has 0 unspecified atom stereocenters. The predicted molar refractivity (Wildman–Crippen MR) is 243 cm³/mol. The molecule has 10 nitrogen and oxygen atoms in total. The van der Waals surface area contributed by atoms with E-state index in [0.29, 0.717) is 38.3 Å². The minimum Gasteiger partial charge on any atom is -0.748 e. The molecule has 0 fully saturated rings. The standard InChI is InChI=1S/C49H54N2O8S2.Na/c1-48(2)44(50(28-12-32-60(53,54)55)42-24-20-36-14-5-7-18-40(36)46(42)48)26-22-35(38-16-11-17-39(34-38)59-31-10-9-30-52)23-27-45-49(3,4)47-41-19-8-6-15-37(41)21-25-43(47)51(45)29-13-33-61(56,57)58;/h5-8,11,14-27,34,52H,9-10,12-13,28-33H2,1-4H3,(H-,53,54,55,56,57,58);/q;+1/p-1. The van der Waals surface area contributed by atoms with Gasteiger partial charge in [0, 0.05) is 65.6 Å². The zero-order chi connectivity index (χ0) is 43.6. The molecule has 0 bridgehead atoms. The van der Waals surface area contributed by atoms with E-state index in [-0.39, 0.29) is 49.0 Å². The number of rotatable bonds is 17. The van der Waals surface area contributed by atoms with E-state index >= 15 is 0 Å². The molecule has 0 aromatic heterocycles. The van der Waals surface area contributed by atoms with Gasteiger partial charge >= 0.3 is 29.6 Å². The summed E-state index contributed by atoms with van der Waals surface area (Å²) < 4.78 is 78.7. The van der Waals surface area contributed by atoms with E-state index in [1.807, 2.05) is 48.5 Å². The first kappa shape index (κ1) is 47.4. The molecule has 5 aromatic carbocycles. The Morgan fingerprint density at radius 2 is 1.40 bits per heavy atom. The van der Waals surface area contributed by atoms with Crippen LogP contribution in [0, 0.1) is 0 Å². The second-order valence-electron chi connectivity index (χ2n) is 16.8. The fraction of sp³-hybridized carbons (Fsp3) is 0.327. The summed E-state index contributed by atoms with van der Waals surface area (Å²) in [6, 6.07) is 32.5. The maximum absolute atomic E-state index is 11.7. The summed E-state index contributed by atoms with van der Waals surface area (Å²) in [5.41, 5.74) is 6.74. The van der Waals surface area contributed by atoms with Gasteiger partial charge in [0.2, 0.25) is 5.69 Å². The molecule has 0 saturated heterocycles. The van der Waals surface area contributed by atoms with Gasteiger partial charge in [0.25, 0.3) is 0 Å². The van der Waals surface area contributed by atoms with Crippen molar-refractivity contribution in [3.8, 4) is 5.75 Å². The zero-order valence-electron chi connectivity index (χ0n) is 36.1. The summed E-state index contributed by atoms with van der Waals surface area (Å²) in [6.07, 6.45) is 9.93. The van der Waals surface area contributed by atoms with Gasteiger partial charge in [0.05, 0.1) is 32.3 Å². The van der Waals surface area contributed by atoms with E-state index < -0.39 is 42.6 Å². The average molecular weight is 885 g/mol. The van der Waals surface area contributed by atoms with Crippen molar-refractivity contribution < 1.29 is 69.9 Å². The first-order chi connectivity index (χ1) is 29.0. The van der Waals surface area contributed by atoms with E-state index in [2.05, 4.69) is 110 Å². The molecule has 0 atom stereocenters. The molecule has 1 N–H and O–H groups in total. The van der Waals surface area contributed by atoms with Gasteiger partial charge in [-0.15, -0.1) is 0 Å². The van der Waals surface area contributed by atoms with Crippen LogP contribution in [0.3, 0.4) is 0 Å². The van der Waals surface area contributed by atoms with Gasteiger partial charge in [-0.3, -0.25) is 0 Å². The van der Waals surface area contributed by atoms with Crippen LogP contribution in [0.2, 0.25) is 0 Å². The summed E-state index contributed by atoms with van der Waals surface area (Å²) in [4.78, 5) is 2.13. The Kier molecular flexibility index (Phi) is 14.8. The van der Waals surface area contributed by atoms with Gasteiger partial charge in [-0.2, -0.15) is 4.58 Å². The minimum atomic E-state index is -4.42. The van der Waals surface area contributed by atoms with Crippen molar-refractivity contribution in [1.82, 2.24) is 0 Å². The summed E-state index contributed by atoms with van der Waals surface area (Å²) in [7, 11) is -8.84. The van der Waals surface area contributed by atoms with Crippen molar-refractivity contribution in [2.24, 2.45) is 0 Å². The van der Waals surface area contributed by atoms with E-state index in [1.165, 1.54) is 0 Å². The van der Waals surface area contributed by atoms with Crippen LogP contribution < -0.4 is 39.2 Å². The fourth-order valence-electron chi connectivity index (χ4n) is 9.11. The number of hydrogen-bond acceptors (Lipinski definition) is 9. The minimum absolute atomic E-state index is 0. The molecule has 0 saturated carbocycles. The number of benzene rings is 5. The van der Waals surface area contributed by atoms with Crippen LogP contribution in [0.5, 0.6) is 5.75 Å². The van der Waals surface area contributed by atoms with Gasteiger partial charge in [0.1, 0.15) is 12.3 Å². The zero-order valence-corrected chi connectivity index (χ0v) is 39.8. The number of ether oxygens (including phenoxy) is 1. The average Bonchev–Trinajstić information content (AvgIpc) is 3.57. The molecule has 2 heterocycles. The topological polar surface area (TPSA) is 150 Å². The van der Waals surface area contributed by atoms with E-state index in [1.54, 1.807) is 0 Å². The number of unbranched alkanes of at least 4 members (excludes halogenated alkanes) is 1. The van der Waals surface area contributed by atoms with Crippen LogP contribution in [-0.4, -0.2) is 79.1 Å². The number of aliphatic hydroxyl groups is 1. The number of allylic oxidation sites excluding steroid dienone is 6. The van der Waals surface area contributed by atoms with Crippen LogP contribution in [-0.2, 0) is 31.1 Å². The number of aliphatic hydroxyl groups excluding tert-OH is 1. The number of fused-ring (bicyclic) bond motifs is 6. The summed E-state index contributed by atoms with van der Waals surface area (Å²) in [6.45, 7) is 9.84. The second kappa shape index (κ2) is 19.3. The molecule has 2 aliphatic heterocycles. The molecule has 0 radical (unpaired) electrons. The van der Waals surface area contributed by atoms with Gasteiger partial charge in [-0.25, -0.2) is 16.8 Å². The van der Waals surface area contributed by atoms with Crippen LogP contribution in [0.15, 0.2) is 127 Å². The van der Waals surface area contributed by atoms with Crippen LogP contribution in [0.25, 0.3) is 27.1 Å². The smallest absolute Gasteiger partial charge is 0.748 e. The van der Waals surface area contributed by atoms with Crippen molar-refractivity contribution >= 4 is 64.4 Å². The van der Waals surface area contributed by atoms with Crippen LogP contribution in [0.4, 0.5) is 11.4 Å². The molecule has 0 aliphatic carbocycles. The van der Waals surface area contributed by atoms with Crippen molar-refractivity contribution in [3.05, 3.63) is 144 Å². The monoisotopic (exact) mass is 884 g/mol. The molecular formula is C49H53N2NaO8S2. The molecule has 7 rings (SSSR count). The van der Waals surface area contributed by atoms with Crippen molar-refractivity contribution in [2.45, 2.75) is 64.2 Å². The van der Waals surface area contributed by atoms with Gasteiger partial charge in [-0.1, -0.05) is 86.7 Å². The maximum Gasteiger partial charge on any atom is 1.00 e. The van der Waals surface area contributed by atoms with Gasteiger partial charge in [-0.05, 0) is 108 Å². The Balaban J connectivity index is 0.00000641. The first-order valence-corrected chi connectivity index (χ1v) is 23.9. The molecule has 2 aliphatic rings. The van der Waals surface area contributed by atoms with Crippen LogP contribution in [0.1, 0.15) is 70.1 Å². The van der Waals surface area contributed by atoms with Crippen molar-refractivity contribution in [2.75, 3.05) is 42.7 Å². The Morgan fingerprint density at radius 3 is 2.08 bits per heavy atom. The van der Waals surface area contributed by atoms with E-state index in [9.17, 15) is 31.0 Å². The third-order valence-electron chi connectivity index (χ3n) is 11.9. The fourth-order valence-corrected chi connectivity index (χ4v) is 10.1.